The lowest BCUT2D eigenvalue weighted by Gasteiger charge is -2.28. The molecule has 20 heavy (non-hydrogen) atoms. The summed E-state index contributed by atoms with van der Waals surface area (Å²) in [5.74, 6) is -1.05. The number of hydrogen-bond acceptors (Lipinski definition) is 4. The fourth-order valence-electron chi connectivity index (χ4n) is 2.32. The van der Waals surface area contributed by atoms with Crippen molar-refractivity contribution in [3.05, 3.63) is 39.9 Å². The Labute approximate surface area is 118 Å². The van der Waals surface area contributed by atoms with Gasteiger partial charge in [0.15, 0.2) is 0 Å². The van der Waals surface area contributed by atoms with E-state index in [0.717, 1.165) is 12.8 Å². The zero-order valence-corrected chi connectivity index (χ0v) is 11.8. The Bertz CT molecular complexity index is 470. The van der Waals surface area contributed by atoms with Gasteiger partial charge in [0.25, 0.3) is 5.69 Å². The van der Waals surface area contributed by atoms with Gasteiger partial charge in [-0.1, -0.05) is 26.0 Å². The van der Waals surface area contributed by atoms with Crippen molar-refractivity contribution in [3.63, 3.8) is 0 Å². The summed E-state index contributed by atoms with van der Waals surface area (Å²) in [4.78, 5) is 23.9. The third-order valence-electron chi connectivity index (χ3n) is 3.05. The molecule has 0 aliphatic rings. The lowest BCUT2D eigenvalue weighted by molar-refractivity contribution is -0.385. The molecule has 0 bridgehead atoms. The fourth-order valence-corrected chi connectivity index (χ4v) is 2.32. The highest BCUT2D eigenvalue weighted by Crippen LogP contribution is 2.29. The highest BCUT2D eigenvalue weighted by molar-refractivity contribution is 5.77. The molecule has 1 aromatic carbocycles. The van der Waals surface area contributed by atoms with Crippen LogP contribution in [0.1, 0.15) is 38.3 Å². The van der Waals surface area contributed by atoms with Crippen molar-refractivity contribution >= 4 is 11.7 Å². The van der Waals surface area contributed by atoms with Crippen LogP contribution in [0.4, 0.5) is 5.69 Å². The van der Waals surface area contributed by atoms with Gasteiger partial charge in [0, 0.05) is 6.07 Å². The molecule has 1 atom stereocenters. The number of carboxylic acids is 1. The quantitative estimate of drug-likeness (QED) is 0.584. The molecule has 0 aliphatic carbocycles. The molecule has 1 unspecified atom stereocenters. The van der Waals surface area contributed by atoms with E-state index in [-0.39, 0.29) is 11.3 Å². The van der Waals surface area contributed by atoms with E-state index in [0.29, 0.717) is 13.1 Å². The Hall–Kier alpha value is -1.95. The first-order valence-corrected chi connectivity index (χ1v) is 6.73. The normalized spacial score (nSPS) is 12.3. The van der Waals surface area contributed by atoms with Crippen molar-refractivity contribution in [1.29, 1.82) is 0 Å². The molecule has 0 heterocycles. The smallest absolute Gasteiger partial charge is 0.325 e. The summed E-state index contributed by atoms with van der Waals surface area (Å²) in [5, 5.41) is 20.6. The third kappa shape index (κ3) is 3.77. The Kier molecular flexibility index (Phi) is 6.11. The van der Waals surface area contributed by atoms with Crippen LogP contribution in [-0.2, 0) is 4.79 Å². The second-order valence-electron chi connectivity index (χ2n) is 4.59. The van der Waals surface area contributed by atoms with Gasteiger partial charge in [0.05, 0.1) is 10.5 Å². The molecular weight excluding hydrogens is 260 g/mol. The van der Waals surface area contributed by atoms with Gasteiger partial charge in [0.2, 0.25) is 0 Å². The van der Waals surface area contributed by atoms with Gasteiger partial charge in [-0.15, -0.1) is 0 Å². The van der Waals surface area contributed by atoms with E-state index in [4.69, 9.17) is 0 Å². The minimum atomic E-state index is -1.05. The van der Waals surface area contributed by atoms with Crippen molar-refractivity contribution in [2.45, 2.75) is 32.7 Å². The standard InChI is InChI=1S/C14H20N2O4/c1-3-9-15(10-4-2)13(14(17)18)11-7-5-6-8-12(11)16(19)20/h5-8,13H,3-4,9-10H2,1-2H3,(H,17,18). The number of hydrogen-bond donors (Lipinski definition) is 1. The molecule has 0 aliphatic heterocycles. The van der Waals surface area contributed by atoms with Crippen LogP contribution in [0.25, 0.3) is 0 Å². The molecular formula is C14H20N2O4. The monoisotopic (exact) mass is 280 g/mol. The van der Waals surface area contributed by atoms with E-state index in [2.05, 4.69) is 0 Å². The maximum atomic E-state index is 11.6. The highest BCUT2D eigenvalue weighted by Gasteiger charge is 2.31. The van der Waals surface area contributed by atoms with Crippen molar-refractivity contribution < 1.29 is 14.8 Å². The number of para-hydroxylation sites is 1. The number of nitro groups is 1. The van der Waals surface area contributed by atoms with Crippen molar-refractivity contribution in [3.8, 4) is 0 Å². The van der Waals surface area contributed by atoms with E-state index < -0.39 is 16.9 Å². The maximum Gasteiger partial charge on any atom is 0.325 e. The van der Waals surface area contributed by atoms with Crippen molar-refractivity contribution in [2.75, 3.05) is 13.1 Å². The molecule has 1 rings (SSSR count). The summed E-state index contributed by atoms with van der Waals surface area (Å²) in [6.07, 6.45) is 1.59. The number of nitro benzene ring substituents is 1. The van der Waals surface area contributed by atoms with Crippen molar-refractivity contribution in [1.82, 2.24) is 4.90 Å². The van der Waals surface area contributed by atoms with Crippen molar-refractivity contribution in [2.24, 2.45) is 0 Å². The number of carboxylic acid groups (broad SMARTS) is 1. The van der Waals surface area contributed by atoms with Gasteiger partial charge in [-0.05, 0) is 32.0 Å². The summed E-state index contributed by atoms with van der Waals surface area (Å²) < 4.78 is 0. The Morgan fingerprint density at radius 1 is 1.30 bits per heavy atom. The molecule has 1 aromatic rings. The Morgan fingerprint density at radius 2 is 1.85 bits per heavy atom. The predicted molar refractivity (Wildman–Crippen MR) is 75.6 cm³/mol. The average Bonchev–Trinajstić information content (AvgIpc) is 2.39. The molecule has 0 amide bonds. The van der Waals surface area contributed by atoms with Crippen LogP contribution in [-0.4, -0.2) is 34.0 Å². The van der Waals surface area contributed by atoms with E-state index in [9.17, 15) is 20.0 Å². The van der Waals surface area contributed by atoms with Crippen LogP contribution in [0.5, 0.6) is 0 Å². The van der Waals surface area contributed by atoms with Crippen LogP contribution >= 0.6 is 0 Å². The second-order valence-corrected chi connectivity index (χ2v) is 4.59. The molecule has 110 valence electrons. The summed E-state index contributed by atoms with van der Waals surface area (Å²) in [5.41, 5.74) is 0.101. The average molecular weight is 280 g/mol. The van der Waals surface area contributed by atoms with Crippen LogP contribution in [0.15, 0.2) is 24.3 Å². The largest absolute Gasteiger partial charge is 0.480 e. The molecule has 1 N–H and O–H groups in total. The molecule has 0 saturated heterocycles. The van der Waals surface area contributed by atoms with Gasteiger partial charge in [0.1, 0.15) is 6.04 Å². The van der Waals surface area contributed by atoms with Gasteiger partial charge in [-0.25, -0.2) is 0 Å². The second kappa shape index (κ2) is 7.59. The third-order valence-corrected chi connectivity index (χ3v) is 3.05. The Balaban J connectivity index is 3.25. The molecule has 0 radical (unpaired) electrons. The molecule has 6 nitrogen and oxygen atoms in total. The molecule has 0 spiro atoms. The van der Waals surface area contributed by atoms with Crippen LogP contribution in [0, 0.1) is 10.1 Å². The minimum absolute atomic E-state index is 0.142. The summed E-state index contributed by atoms with van der Waals surface area (Å²) in [6.45, 7) is 5.11. The summed E-state index contributed by atoms with van der Waals surface area (Å²) in [6, 6.07) is 5.08. The lowest BCUT2D eigenvalue weighted by Crippen LogP contribution is -2.35. The maximum absolute atomic E-state index is 11.6. The van der Waals surface area contributed by atoms with Crippen LogP contribution < -0.4 is 0 Å². The first-order chi connectivity index (χ1) is 9.52. The number of aliphatic carboxylic acids is 1. The van der Waals surface area contributed by atoms with E-state index in [1.54, 1.807) is 17.0 Å². The predicted octanol–water partition coefficient (Wildman–Crippen LogP) is 2.84. The van der Waals surface area contributed by atoms with Gasteiger partial charge >= 0.3 is 5.97 Å². The molecule has 0 aromatic heterocycles. The van der Waals surface area contributed by atoms with Gasteiger partial charge in [-0.3, -0.25) is 19.8 Å². The number of benzene rings is 1. The van der Waals surface area contributed by atoms with Crippen LogP contribution in [0.2, 0.25) is 0 Å². The topological polar surface area (TPSA) is 83.7 Å². The minimum Gasteiger partial charge on any atom is -0.480 e. The van der Waals surface area contributed by atoms with E-state index in [1.807, 2.05) is 13.8 Å². The van der Waals surface area contributed by atoms with Crippen LogP contribution in [0.3, 0.4) is 0 Å². The highest BCUT2D eigenvalue weighted by atomic mass is 16.6. The molecule has 6 heteroatoms. The first-order valence-electron chi connectivity index (χ1n) is 6.73. The lowest BCUT2D eigenvalue weighted by atomic mass is 10.0. The zero-order valence-electron chi connectivity index (χ0n) is 11.8. The number of carbonyl (C=O) groups is 1. The van der Waals surface area contributed by atoms with Gasteiger partial charge < -0.3 is 5.11 Å². The summed E-state index contributed by atoms with van der Waals surface area (Å²) in [7, 11) is 0. The fraction of sp³-hybridized carbons (Fsp3) is 0.500. The Morgan fingerprint density at radius 3 is 2.30 bits per heavy atom. The zero-order chi connectivity index (χ0) is 15.1. The summed E-state index contributed by atoms with van der Waals surface area (Å²) >= 11 is 0. The molecule has 0 fully saturated rings. The number of rotatable bonds is 8. The first kappa shape index (κ1) is 16.1. The van der Waals surface area contributed by atoms with Gasteiger partial charge in [-0.2, -0.15) is 0 Å². The number of nitrogens with zero attached hydrogens (tertiary/aromatic N) is 2. The van der Waals surface area contributed by atoms with E-state index >= 15 is 0 Å². The SMILES string of the molecule is CCCN(CCC)C(C(=O)O)c1ccccc1[N+](=O)[O-]. The van der Waals surface area contributed by atoms with E-state index in [1.165, 1.54) is 12.1 Å². The molecule has 0 saturated carbocycles.